The van der Waals surface area contributed by atoms with Crippen molar-refractivity contribution in [2.24, 2.45) is 0 Å². The molecule has 1 aliphatic heterocycles. The molecule has 2 heterocycles. The van der Waals surface area contributed by atoms with Gasteiger partial charge in [0.2, 0.25) is 10.0 Å². The first-order valence-electron chi connectivity index (χ1n) is 8.82. The van der Waals surface area contributed by atoms with Crippen LogP contribution in [-0.2, 0) is 10.0 Å². The zero-order chi connectivity index (χ0) is 20.3. The molecular formula is C18H21F2N3O3S2. The molecule has 0 bridgehead atoms. The summed E-state index contributed by atoms with van der Waals surface area (Å²) in [5.41, 5.74) is 0.464. The van der Waals surface area contributed by atoms with Gasteiger partial charge in [-0.3, -0.25) is 0 Å². The van der Waals surface area contributed by atoms with Crippen LogP contribution in [0.3, 0.4) is 0 Å². The Kier molecular flexibility index (Phi) is 6.31. The highest BCUT2D eigenvalue weighted by molar-refractivity contribution is 7.91. The smallest absolute Gasteiger partial charge is 0.317 e. The number of nitrogens with one attached hydrogen (secondary N) is 2. The number of hydrogen-bond acceptors (Lipinski definition) is 4. The molecule has 1 atom stereocenters. The highest BCUT2D eigenvalue weighted by Crippen LogP contribution is 2.20. The van der Waals surface area contributed by atoms with Gasteiger partial charge in [-0.25, -0.2) is 26.7 Å². The Hall–Kier alpha value is -2.04. The molecule has 1 aromatic carbocycles. The van der Waals surface area contributed by atoms with Crippen molar-refractivity contribution in [1.82, 2.24) is 14.9 Å². The Morgan fingerprint density at radius 3 is 2.54 bits per heavy atom. The van der Waals surface area contributed by atoms with E-state index >= 15 is 0 Å². The van der Waals surface area contributed by atoms with Gasteiger partial charge in [-0.2, -0.15) is 0 Å². The minimum absolute atomic E-state index is 0.236. The number of hydrogen-bond donors (Lipinski definition) is 2. The van der Waals surface area contributed by atoms with Gasteiger partial charge in [-0.1, -0.05) is 12.1 Å². The number of piperidine rings is 1. The summed E-state index contributed by atoms with van der Waals surface area (Å²) in [6.45, 7) is 2.48. The van der Waals surface area contributed by atoms with E-state index in [-0.39, 0.29) is 16.3 Å². The van der Waals surface area contributed by atoms with Gasteiger partial charge in [0.1, 0.15) is 4.21 Å². The molecule has 0 aliphatic carbocycles. The van der Waals surface area contributed by atoms with Gasteiger partial charge in [0.25, 0.3) is 0 Å². The lowest BCUT2D eigenvalue weighted by Crippen LogP contribution is -2.49. The van der Waals surface area contributed by atoms with Crippen LogP contribution >= 0.6 is 11.3 Å². The third-order valence-electron chi connectivity index (χ3n) is 4.65. The third kappa shape index (κ3) is 4.86. The summed E-state index contributed by atoms with van der Waals surface area (Å²) in [7, 11) is -3.53. The average Bonchev–Trinajstić information content (AvgIpc) is 3.20. The predicted octanol–water partition coefficient (Wildman–Crippen LogP) is 3.24. The number of halogens is 2. The number of nitrogens with zero attached hydrogens (tertiary/aromatic N) is 1. The van der Waals surface area contributed by atoms with Crippen molar-refractivity contribution in [2.45, 2.75) is 36.1 Å². The first-order valence-corrected chi connectivity index (χ1v) is 11.2. The van der Waals surface area contributed by atoms with Gasteiger partial charge in [-0.15, -0.1) is 11.3 Å². The molecular weight excluding hydrogens is 408 g/mol. The number of benzene rings is 1. The van der Waals surface area contributed by atoms with Gasteiger partial charge >= 0.3 is 6.03 Å². The second-order valence-corrected chi connectivity index (χ2v) is 9.55. The Labute approximate surface area is 166 Å². The number of urea groups is 1. The average molecular weight is 430 g/mol. The molecule has 0 unspecified atom stereocenters. The van der Waals surface area contributed by atoms with Crippen LogP contribution in [0.5, 0.6) is 0 Å². The summed E-state index contributed by atoms with van der Waals surface area (Å²) in [6.07, 6.45) is 0.995. The van der Waals surface area contributed by atoms with Gasteiger partial charge < -0.3 is 10.2 Å². The second kappa shape index (κ2) is 8.54. The van der Waals surface area contributed by atoms with Gasteiger partial charge in [0, 0.05) is 19.1 Å². The molecule has 2 N–H and O–H groups in total. The molecule has 0 radical (unpaired) electrons. The Balaban J connectivity index is 1.51. The van der Waals surface area contributed by atoms with E-state index in [0.29, 0.717) is 31.5 Å². The molecule has 0 spiro atoms. The lowest BCUT2D eigenvalue weighted by atomic mass is 10.1. The number of amides is 2. The summed E-state index contributed by atoms with van der Waals surface area (Å²) >= 11 is 1.16. The molecule has 1 saturated heterocycles. The molecule has 0 saturated carbocycles. The fourth-order valence-electron chi connectivity index (χ4n) is 3.04. The number of likely N-dealkylation sites (tertiary alicyclic amines) is 1. The summed E-state index contributed by atoms with van der Waals surface area (Å²) in [5.74, 6) is -1.90. The van der Waals surface area contributed by atoms with Crippen molar-refractivity contribution in [3.8, 4) is 0 Å². The highest BCUT2D eigenvalue weighted by atomic mass is 32.2. The number of rotatable bonds is 5. The number of sulfonamides is 1. The first-order chi connectivity index (χ1) is 13.3. The molecule has 10 heteroatoms. The van der Waals surface area contributed by atoms with E-state index in [1.807, 2.05) is 0 Å². The molecule has 2 amide bonds. The molecule has 152 valence electrons. The molecule has 3 rings (SSSR count). The van der Waals surface area contributed by atoms with Crippen molar-refractivity contribution < 1.29 is 22.0 Å². The lowest BCUT2D eigenvalue weighted by Gasteiger charge is -2.33. The summed E-state index contributed by atoms with van der Waals surface area (Å²) < 4.78 is 53.9. The van der Waals surface area contributed by atoms with Gasteiger partial charge in [0.05, 0.1) is 6.04 Å². The quantitative estimate of drug-likeness (QED) is 0.766. The molecule has 1 aliphatic rings. The summed E-state index contributed by atoms with van der Waals surface area (Å²) in [4.78, 5) is 14.0. The van der Waals surface area contributed by atoms with E-state index in [1.165, 1.54) is 6.07 Å². The van der Waals surface area contributed by atoms with Crippen LogP contribution in [0.2, 0.25) is 0 Å². The zero-order valence-electron chi connectivity index (χ0n) is 15.2. The molecule has 2 aromatic rings. The Morgan fingerprint density at radius 2 is 1.93 bits per heavy atom. The molecule has 6 nitrogen and oxygen atoms in total. The van der Waals surface area contributed by atoms with Gasteiger partial charge in [-0.05, 0) is 48.9 Å². The maximum Gasteiger partial charge on any atom is 0.317 e. The largest absolute Gasteiger partial charge is 0.331 e. The van der Waals surface area contributed by atoms with Crippen molar-refractivity contribution in [3.63, 3.8) is 0 Å². The molecule has 1 aromatic heterocycles. The predicted molar refractivity (Wildman–Crippen MR) is 103 cm³/mol. The van der Waals surface area contributed by atoms with Crippen LogP contribution in [0.25, 0.3) is 0 Å². The third-order valence-corrected chi connectivity index (χ3v) is 7.57. The van der Waals surface area contributed by atoms with Crippen molar-refractivity contribution in [2.75, 3.05) is 13.1 Å². The molecule has 28 heavy (non-hydrogen) atoms. The Bertz CT molecular complexity index is 928. The minimum Gasteiger partial charge on any atom is -0.331 e. The van der Waals surface area contributed by atoms with E-state index in [1.54, 1.807) is 29.3 Å². The fourth-order valence-corrected chi connectivity index (χ4v) is 5.35. The van der Waals surface area contributed by atoms with Crippen LogP contribution in [0.4, 0.5) is 13.6 Å². The van der Waals surface area contributed by atoms with Crippen molar-refractivity contribution in [1.29, 1.82) is 0 Å². The maximum absolute atomic E-state index is 13.4. The second-order valence-electron chi connectivity index (χ2n) is 6.66. The SMILES string of the molecule is C[C@H](NC(=O)N1CCC(NS(=O)(=O)c2cccs2)CC1)c1ccc(F)c(F)c1. The molecule has 1 fully saturated rings. The minimum atomic E-state index is -3.53. The van der Waals surface area contributed by atoms with Crippen molar-refractivity contribution in [3.05, 3.63) is 52.9 Å². The lowest BCUT2D eigenvalue weighted by molar-refractivity contribution is 0.177. The first kappa shape index (κ1) is 20.7. The van der Waals surface area contributed by atoms with E-state index in [2.05, 4.69) is 10.0 Å². The van der Waals surface area contributed by atoms with E-state index < -0.39 is 27.7 Å². The van der Waals surface area contributed by atoms with Crippen LogP contribution in [-0.4, -0.2) is 38.5 Å². The zero-order valence-corrected chi connectivity index (χ0v) is 16.8. The van der Waals surface area contributed by atoms with E-state index in [0.717, 1.165) is 23.5 Å². The standard InChI is InChI=1S/C18H21F2N3O3S2/c1-12(13-4-5-15(19)16(20)11-13)21-18(24)23-8-6-14(7-9-23)22-28(25,26)17-3-2-10-27-17/h2-5,10-12,14,22H,6-9H2,1H3,(H,21,24)/t12-/m0/s1. The number of carbonyl (C=O) groups is 1. The monoisotopic (exact) mass is 429 g/mol. The maximum atomic E-state index is 13.4. The summed E-state index contributed by atoms with van der Waals surface area (Å²) in [5, 5.41) is 4.46. The van der Waals surface area contributed by atoms with Crippen LogP contribution in [0.15, 0.2) is 39.9 Å². The topological polar surface area (TPSA) is 78.5 Å². The van der Waals surface area contributed by atoms with E-state index in [9.17, 15) is 22.0 Å². The van der Waals surface area contributed by atoms with Crippen LogP contribution in [0, 0.1) is 11.6 Å². The normalized spacial score (nSPS) is 16.8. The van der Waals surface area contributed by atoms with E-state index in [4.69, 9.17) is 0 Å². The van der Waals surface area contributed by atoms with Gasteiger partial charge in [0.15, 0.2) is 11.6 Å². The van der Waals surface area contributed by atoms with Crippen LogP contribution < -0.4 is 10.0 Å². The highest BCUT2D eigenvalue weighted by Gasteiger charge is 2.27. The number of thiophene rings is 1. The number of carbonyl (C=O) groups excluding carboxylic acids is 1. The van der Waals surface area contributed by atoms with Crippen LogP contribution in [0.1, 0.15) is 31.4 Å². The summed E-state index contributed by atoms with van der Waals surface area (Å²) in [6, 6.07) is 5.70. The fraction of sp³-hybridized carbons (Fsp3) is 0.389. The van der Waals surface area contributed by atoms with Crippen molar-refractivity contribution >= 4 is 27.4 Å². The Morgan fingerprint density at radius 1 is 1.21 bits per heavy atom.